The summed E-state index contributed by atoms with van der Waals surface area (Å²) in [6.45, 7) is 0. The molecule has 0 heterocycles. The zero-order chi connectivity index (χ0) is 6.73. The molecule has 0 saturated heterocycles. The first-order valence-electron chi connectivity index (χ1n) is 1.65. The monoisotopic (exact) mass is 130 g/mol. The van der Waals surface area contributed by atoms with E-state index < -0.39 is 18.6 Å². The first-order valence-corrected chi connectivity index (χ1v) is 1.65. The minimum absolute atomic E-state index is 2.31. The van der Waals surface area contributed by atoms with Crippen LogP contribution in [0.4, 0.5) is 17.6 Å². The number of carbonyl (C=O) groups is 1. The number of rotatable bonds is 2. The minimum atomic E-state index is -3.55. The van der Waals surface area contributed by atoms with E-state index in [1.165, 1.54) is 0 Å². The molecule has 0 aromatic rings. The van der Waals surface area contributed by atoms with Crippen LogP contribution in [0.15, 0.2) is 0 Å². The Morgan fingerprint density at radius 2 is 1.25 bits per heavy atom. The van der Waals surface area contributed by atoms with E-state index in [1.54, 1.807) is 0 Å². The van der Waals surface area contributed by atoms with Gasteiger partial charge in [-0.3, -0.25) is 4.79 Å². The fourth-order valence-corrected chi connectivity index (χ4v) is 0.0952. The molecular formula is C3H2F4O. The predicted octanol–water partition coefficient (Wildman–Crippen LogP) is 1.09. The Labute approximate surface area is 42.3 Å². The van der Waals surface area contributed by atoms with Crippen LogP contribution < -0.4 is 0 Å². The van der Waals surface area contributed by atoms with Gasteiger partial charge in [0.05, 0.1) is 0 Å². The van der Waals surface area contributed by atoms with E-state index in [-0.39, 0.29) is 0 Å². The molecule has 0 unspecified atom stereocenters. The van der Waals surface area contributed by atoms with Gasteiger partial charge < -0.3 is 0 Å². The summed E-state index contributed by atoms with van der Waals surface area (Å²) < 4.78 is 43.4. The van der Waals surface area contributed by atoms with Crippen LogP contribution in [-0.4, -0.2) is 18.6 Å². The molecule has 0 atom stereocenters. The molecule has 0 saturated carbocycles. The third kappa shape index (κ3) is 1.90. The number of Topliss-reactive ketones (excluding diaryl/α,β-unsaturated/α-hetero) is 1. The summed E-state index contributed by atoms with van der Waals surface area (Å²) in [6.07, 6.45) is -7.09. The Morgan fingerprint density at radius 3 is 1.25 bits per heavy atom. The number of ketones is 1. The number of alkyl halides is 4. The van der Waals surface area contributed by atoms with Gasteiger partial charge in [0.2, 0.25) is 0 Å². The van der Waals surface area contributed by atoms with Crippen molar-refractivity contribution in [3.8, 4) is 0 Å². The van der Waals surface area contributed by atoms with Crippen LogP contribution in [0.1, 0.15) is 0 Å². The summed E-state index contributed by atoms with van der Waals surface area (Å²) in [7, 11) is 0. The molecule has 1 nitrogen and oxygen atoms in total. The molecule has 0 rings (SSSR count). The standard InChI is InChI=1S/C3H2F4O/c4-2(5)1(8)3(6)7/h2-3H. The summed E-state index contributed by atoms with van der Waals surface area (Å²) >= 11 is 0. The van der Waals surface area contributed by atoms with Gasteiger partial charge in [0.15, 0.2) is 0 Å². The smallest absolute Gasteiger partial charge is 0.287 e. The van der Waals surface area contributed by atoms with E-state index in [2.05, 4.69) is 0 Å². The van der Waals surface area contributed by atoms with Crippen LogP contribution in [0, 0.1) is 0 Å². The Kier molecular flexibility index (Phi) is 2.44. The van der Waals surface area contributed by atoms with Crippen molar-refractivity contribution in [2.75, 3.05) is 0 Å². The summed E-state index contributed by atoms with van der Waals surface area (Å²) in [5.74, 6) is -2.31. The lowest BCUT2D eigenvalue weighted by Crippen LogP contribution is -2.18. The van der Waals surface area contributed by atoms with Crippen molar-refractivity contribution in [1.82, 2.24) is 0 Å². The molecule has 48 valence electrons. The SMILES string of the molecule is O=C(C(F)F)C(F)F. The van der Waals surface area contributed by atoms with Crippen LogP contribution in [0.3, 0.4) is 0 Å². The molecule has 0 radical (unpaired) electrons. The second-order valence-electron chi connectivity index (χ2n) is 1.00. The maximum Gasteiger partial charge on any atom is 0.301 e. The second kappa shape index (κ2) is 2.64. The highest BCUT2D eigenvalue weighted by atomic mass is 19.3. The van der Waals surface area contributed by atoms with E-state index in [4.69, 9.17) is 0 Å². The van der Waals surface area contributed by atoms with Crippen molar-refractivity contribution in [3.63, 3.8) is 0 Å². The lowest BCUT2D eigenvalue weighted by Gasteiger charge is -1.92. The van der Waals surface area contributed by atoms with Crippen molar-refractivity contribution in [2.24, 2.45) is 0 Å². The predicted molar refractivity (Wildman–Crippen MR) is 17.0 cm³/mol. The average molecular weight is 130 g/mol. The normalized spacial score (nSPS) is 10.8. The van der Waals surface area contributed by atoms with Crippen molar-refractivity contribution in [3.05, 3.63) is 0 Å². The first-order chi connectivity index (χ1) is 3.55. The highest BCUT2D eigenvalue weighted by molar-refractivity contribution is 5.84. The molecule has 0 aliphatic carbocycles. The van der Waals surface area contributed by atoms with Gasteiger partial charge in [-0.2, -0.15) is 0 Å². The zero-order valence-electron chi connectivity index (χ0n) is 3.57. The third-order valence-electron chi connectivity index (χ3n) is 0.430. The highest BCUT2D eigenvalue weighted by Crippen LogP contribution is 2.02. The highest BCUT2D eigenvalue weighted by Gasteiger charge is 2.25. The van der Waals surface area contributed by atoms with Crippen molar-refractivity contribution >= 4 is 5.78 Å². The van der Waals surface area contributed by atoms with Crippen LogP contribution in [0.2, 0.25) is 0 Å². The topological polar surface area (TPSA) is 17.1 Å². The number of hydrogen-bond acceptors (Lipinski definition) is 1. The minimum Gasteiger partial charge on any atom is -0.287 e. The van der Waals surface area contributed by atoms with E-state index >= 15 is 0 Å². The van der Waals surface area contributed by atoms with Gasteiger partial charge >= 0.3 is 12.9 Å². The lowest BCUT2D eigenvalue weighted by atomic mass is 10.4. The molecule has 0 aromatic heterocycles. The van der Waals surface area contributed by atoms with Gasteiger partial charge in [0.1, 0.15) is 0 Å². The quantitative estimate of drug-likeness (QED) is 0.511. The van der Waals surface area contributed by atoms with Crippen LogP contribution >= 0.6 is 0 Å². The van der Waals surface area contributed by atoms with E-state index in [0.717, 1.165) is 0 Å². The Morgan fingerprint density at radius 1 is 1.00 bits per heavy atom. The third-order valence-corrected chi connectivity index (χ3v) is 0.430. The van der Waals surface area contributed by atoms with Gasteiger partial charge in [0.25, 0.3) is 5.78 Å². The van der Waals surface area contributed by atoms with Gasteiger partial charge in [-0.1, -0.05) is 0 Å². The summed E-state index contributed by atoms with van der Waals surface area (Å²) in [5, 5.41) is 0. The molecular weight excluding hydrogens is 128 g/mol. The molecule has 5 heteroatoms. The van der Waals surface area contributed by atoms with E-state index in [0.29, 0.717) is 0 Å². The molecule has 0 bridgehead atoms. The van der Waals surface area contributed by atoms with Gasteiger partial charge in [-0.25, -0.2) is 17.6 Å². The number of carbonyl (C=O) groups excluding carboxylic acids is 1. The van der Waals surface area contributed by atoms with Crippen molar-refractivity contribution in [2.45, 2.75) is 12.9 Å². The molecule has 0 aliphatic rings. The average Bonchev–Trinajstić information content (AvgIpc) is 1.64. The molecule has 0 fully saturated rings. The summed E-state index contributed by atoms with van der Waals surface area (Å²) in [4.78, 5) is 9.34. The summed E-state index contributed by atoms with van der Waals surface area (Å²) in [5.41, 5.74) is 0. The molecule has 0 amide bonds. The Bertz CT molecular complexity index is 79.3. The van der Waals surface area contributed by atoms with Gasteiger partial charge in [-0.15, -0.1) is 0 Å². The molecule has 0 N–H and O–H groups in total. The molecule has 0 aromatic carbocycles. The van der Waals surface area contributed by atoms with Crippen LogP contribution in [0.5, 0.6) is 0 Å². The van der Waals surface area contributed by atoms with E-state index in [9.17, 15) is 22.4 Å². The lowest BCUT2D eigenvalue weighted by molar-refractivity contribution is -0.140. The molecule has 0 spiro atoms. The maximum absolute atomic E-state index is 10.8. The number of hydrogen-bond donors (Lipinski definition) is 0. The van der Waals surface area contributed by atoms with E-state index in [1.807, 2.05) is 0 Å². The molecule has 8 heavy (non-hydrogen) atoms. The fourth-order valence-electron chi connectivity index (χ4n) is 0.0952. The van der Waals surface area contributed by atoms with Crippen LogP contribution in [0.25, 0.3) is 0 Å². The Hall–Kier alpha value is -0.610. The first kappa shape index (κ1) is 7.39. The largest absolute Gasteiger partial charge is 0.301 e. The zero-order valence-corrected chi connectivity index (χ0v) is 3.57. The Balaban J connectivity index is 3.65. The van der Waals surface area contributed by atoms with Crippen molar-refractivity contribution in [1.29, 1.82) is 0 Å². The molecule has 0 aliphatic heterocycles. The van der Waals surface area contributed by atoms with Crippen molar-refractivity contribution < 1.29 is 22.4 Å². The van der Waals surface area contributed by atoms with Crippen LogP contribution in [-0.2, 0) is 4.79 Å². The van der Waals surface area contributed by atoms with Gasteiger partial charge in [0, 0.05) is 0 Å². The van der Waals surface area contributed by atoms with Gasteiger partial charge in [-0.05, 0) is 0 Å². The fraction of sp³-hybridized carbons (Fsp3) is 0.667. The second-order valence-corrected chi connectivity index (χ2v) is 1.00. The number of halogens is 4. The summed E-state index contributed by atoms with van der Waals surface area (Å²) in [6, 6.07) is 0. The maximum atomic E-state index is 10.8.